The molecule has 2 rings (SSSR count). The highest BCUT2D eigenvalue weighted by Gasteiger charge is 2.40. The Hall–Kier alpha value is -1.24. The van der Waals surface area contributed by atoms with Crippen LogP contribution in [0.2, 0.25) is 10.0 Å². The molecule has 0 heterocycles. The van der Waals surface area contributed by atoms with Crippen LogP contribution in [0.4, 0.5) is 0 Å². The van der Waals surface area contributed by atoms with Gasteiger partial charge in [-0.25, -0.2) is 0 Å². The van der Waals surface area contributed by atoms with Crippen molar-refractivity contribution in [3.8, 4) is 6.07 Å². The second kappa shape index (κ2) is 6.68. The average Bonchev–Trinajstić information content (AvgIpc) is 2.47. The number of carbonyl (C=O) groups excluding carboxylic acids is 1. The SMILES string of the molecule is CC(NC(=O)C1(C#N)CCCCC1)c1ccc(Cl)cc1Cl. The van der Waals surface area contributed by atoms with E-state index in [0.29, 0.717) is 22.9 Å². The average molecular weight is 325 g/mol. The van der Waals surface area contributed by atoms with Gasteiger partial charge in [0.1, 0.15) is 5.41 Å². The highest BCUT2D eigenvalue weighted by molar-refractivity contribution is 6.35. The molecule has 1 amide bonds. The van der Waals surface area contributed by atoms with Gasteiger partial charge >= 0.3 is 0 Å². The Morgan fingerprint density at radius 1 is 1.33 bits per heavy atom. The van der Waals surface area contributed by atoms with E-state index in [9.17, 15) is 10.1 Å². The van der Waals surface area contributed by atoms with Crippen LogP contribution in [0.3, 0.4) is 0 Å². The van der Waals surface area contributed by atoms with Crippen LogP contribution in [0.15, 0.2) is 18.2 Å². The standard InChI is InChI=1S/C16H18Cl2N2O/c1-11(13-6-5-12(17)9-14(13)18)20-15(21)16(10-19)7-3-2-4-8-16/h5-6,9,11H,2-4,7-8H2,1H3,(H,20,21). The summed E-state index contributed by atoms with van der Waals surface area (Å²) < 4.78 is 0. The number of benzene rings is 1. The van der Waals surface area contributed by atoms with Gasteiger partial charge in [-0.1, -0.05) is 48.5 Å². The lowest BCUT2D eigenvalue weighted by atomic mass is 9.74. The zero-order valence-corrected chi connectivity index (χ0v) is 13.5. The topological polar surface area (TPSA) is 52.9 Å². The van der Waals surface area contributed by atoms with Gasteiger partial charge in [0.2, 0.25) is 5.91 Å². The number of hydrogen-bond donors (Lipinski definition) is 1. The first kappa shape index (κ1) is 16.1. The minimum Gasteiger partial charge on any atom is -0.348 e. The Kier molecular flexibility index (Phi) is 5.13. The maximum atomic E-state index is 12.5. The van der Waals surface area contributed by atoms with E-state index in [4.69, 9.17) is 23.2 Å². The summed E-state index contributed by atoms with van der Waals surface area (Å²) in [4.78, 5) is 12.5. The zero-order valence-electron chi connectivity index (χ0n) is 12.0. The van der Waals surface area contributed by atoms with Crippen molar-refractivity contribution in [1.82, 2.24) is 5.32 Å². The minimum absolute atomic E-state index is 0.191. The number of hydrogen-bond acceptors (Lipinski definition) is 2. The monoisotopic (exact) mass is 324 g/mol. The van der Waals surface area contributed by atoms with Crippen LogP contribution in [-0.2, 0) is 4.79 Å². The summed E-state index contributed by atoms with van der Waals surface area (Å²) in [6.07, 6.45) is 4.22. The van der Waals surface area contributed by atoms with Crippen LogP contribution in [-0.4, -0.2) is 5.91 Å². The molecule has 1 saturated carbocycles. The van der Waals surface area contributed by atoms with Crippen molar-refractivity contribution in [2.45, 2.75) is 45.1 Å². The number of rotatable bonds is 3. The van der Waals surface area contributed by atoms with Crippen molar-refractivity contribution < 1.29 is 4.79 Å². The maximum absolute atomic E-state index is 12.5. The Morgan fingerprint density at radius 2 is 2.00 bits per heavy atom. The van der Waals surface area contributed by atoms with Crippen molar-refractivity contribution in [3.63, 3.8) is 0 Å². The fourth-order valence-corrected chi connectivity index (χ4v) is 3.38. The number of halogens is 2. The molecule has 3 nitrogen and oxygen atoms in total. The molecule has 1 aliphatic carbocycles. The lowest BCUT2D eigenvalue weighted by molar-refractivity contribution is -0.130. The van der Waals surface area contributed by atoms with Crippen molar-refractivity contribution >= 4 is 29.1 Å². The zero-order chi connectivity index (χ0) is 15.5. The third kappa shape index (κ3) is 3.51. The second-order valence-electron chi connectivity index (χ2n) is 5.62. The summed E-state index contributed by atoms with van der Waals surface area (Å²) >= 11 is 12.0. The summed E-state index contributed by atoms with van der Waals surface area (Å²) in [6.45, 7) is 1.86. The van der Waals surface area contributed by atoms with Gasteiger partial charge in [0.15, 0.2) is 0 Å². The molecule has 1 atom stereocenters. The first-order chi connectivity index (χ1) is 9.98. The smallest absolute Gasteiger partial charge is 0.240 e. The minimum atomic E-state index is -0.884. The van der Waals surface area contributed by atoms with Gasteiger partial charge in [-0.2, -0.15) is 5.26 Å². The molecule has 0 saturated heterocycles. The highest BCUT2D eigenvalue weighted by atomic mass is 35.5. The number of carbonyl (C=O) groups is 1. The van der Waals surface area contributed by atoms with Gasteiger partial charge in [-0.15, -0.1) is 0 Å². The van der Waals surface area contributed by atoms with E-state index < -0.39 is 5.41 Å². The third-order valence-electron chi connectivity index (χ3n) is 4.13. The number of nitriles is 1. The summed E-state index contributed by atoms with van der Waals surface area (Å²) in [7, 11) is 0. The van der Waals surface area contributed by atoms with Crippen LogP contribution < -0.4 is 5.32 Å². The molecule has 1 aromatic carbocycles. The third-order valence-corrected chi connectivity index (χ3v) is 4.69. The quantitative estimate of drug-likeness (QED) is 0.880. The molecular weight excluding hydrogens is 307 g/mol. The van der Waals surface area contributed by atoms with Crippen LogP contribution in [0.1, 0.15) is 50.6 Å². The molecular formula is C16H18Cl2N2O. The van der Waals surface area contributed by atoms with E-state index in [1.54, 1.807) is 18.2 Å². The number of amides is 1. The van der Waals surface area contributed by atoms with Gasteiger partial charge in [-0.05, 0) is 37.5 Å². The molecule has 0 radical (unpaired) electrons. The largest absolute Gasteiger partial charge is 0.348 e. The Labute approximate surface area is 135 Å². The summed E-state index contributed by atoms with van der Waals surface area (Å²) in [5.41, 5.74) is -0.0795. The van der Waals surface area contributed by atoms with Crippen molar-refractivity contribution in [1.29, 1.82) is 5.26 Å². The molecule has 1 fully saturated rings. The number of nitrogens with zero attached hydrogens (tertiary/aromatic N) is 1. The summed E-state index contributed by atoms with van der Waals surface area (Å²) in [5, 5.41) is 13.4. The fraction of sp³-hybridized carbons (Fsp3) is 0.500. The Morgan fingerprint density at radius 3 is 2.57 bits per heavy atom. The fourth-order valence-electron chi connectivity index (χ4n) is 2.81. The first-order valence-corrected chi connectivity index (χ1v) is 7.91. The molecule has 112 valence electrons. The van der Waals surface area contributed by atoms with Gasteiger partial charge < -0.3 is 5.32 Å². The molecule has 1 unspecified atom stereocenters. The Bertz CT molecular complexity index is 574. The molecule has 21 heavy (non-hydrogen) atoms. The number of nitrogens with one attached hydrogen (secondary N) is 1. The van der Waals surface area contributed by atoms with E-state index in [0.717, 1.165) is 24.8 Å². The molecule has 0 aromatic heterocycles. The van der Waals surface area contributed by atoms with E-state index in [1.165, 1.54) is 0 Å². The van der Waals surface area contributed by atoms with E-state index in [-0.39, 0.29) is 11.9 Å². The second-order valence-corrected chi connectivity index (χ2v) is 6.46. The van der Waals surface area contributed by atoms with Crippen molar-refractivity contribution in [3.05, 3.63) is 33.8 Å². The van der Waals surface area contributed by atoms with Crippen molar-refractivity contribution in [2.24, 2.45) is 5.41 Å². The normalized spacial score (nSPS) is 18.6. The molecule has 1 N–H and O–H groups in total. The van der Waals surface area contributed by atoms with Gasteiger partial charge in [0, 0.05) is 10.0 Å². The lowest BCUT2D eigenvalue weighted by Crippen LogP contribution is -2.42. The lowest BCUT2D eigenvalue weighted by Gasteiger charge is -2.30. The Balaban J connectivity index is 2.13. The highest BCUT2D eigenvalue weighted by Crippen LogP contribution is 2.37. The molecule has 1 aromatic rings. The molecule has 0 bridgehead atoms. The predicted molar refractivity (Wildman–Crippen MR) is 84.2 cm³/mol. The molecule has 1 aliphatic rings. The molecule has 0 aliphatic heterocycles. The first-order valence-electron chi connectivity index (χ1n) is 7.16. The van der Waals surface area contributed by atoms with Gasteiger partial charge in [0.05, 0.1) is 12.1 Å². The van der Waals surface area contributed by atoms with E-state index in [1.807, 2.05) is 6.92 Å². The van der Waals surface area contributed by atoms with Crippen LogP contribution in [0.5, 0.6) is 0 Å². The summed E-state index contributed by atoms with van der Waals surface area (Å²) in [5.74, 6) is -0.191. The van der Waals surface area contributed by atoms with Gasteiger partial charge in [0.25, 0.3) is 0 Å². The van der Waals surface area contributed by atoms with E-state index >= 15 is 0 Å². The van der Waals surface area contributed by atoms with Crippen LogP contribution in [0.25, 0.3) is 0 Å². The molecule has 5 heteroatoms. The molecule has 0 spiro atoms. The van der Waals surface area contributed by atoms with Gasteiger partial charge in [-0.3, -0.25) is 4.79 Å². The van der Waals surface area contributed by atoms with Crippen LogP contribution >= 0.6 is 23.2 Å². The van der Waals surface area contributed by atoms with E-state index in [2.05, 4.69) is 11.4 Å². The maximum Gasteiger partial charge on any atom is 0.240 e. The predicted octanol–water partition coefficient (Wildman–Crippen LogP) is 4.64. The van der Waals surface area contributed by atoms with Crippen LogP contribution in [0, 0.1) is 16.7 Å². The summed E-state index contributed by atoms with van der Waals surface area (Å²) in [6, 6.07) is 7.17. The van der Waals surface area contributed by atoms with Crippen molar-refractivity contribution in [2.75, 3.05) is 0 Å².